The predicted octanol–water partition coefficient (Wildman–Crippen LogP) is 5.99. The minimum Gasteiger partial charge on any atom is -0.488 e. The number of hydrogen-bond donors (Lipinski definition) is 1. The first kappa shape index (κ1) is 22.1. The van der Waals surface area contributed by atoms with E-state index in [2.05, 4.69) is 55.5 Å². The summed E-state index contributed by atoms with van der Waals surface area (Å²) in [6, 6.07) is 5.87. The van der Waals surface area contributed by atoms with Crippen LogP contribution >= 0.6 is 15.9 Å². The van der Waals surface area contributed by atoms with Crippen molar-refractivity contribution in [2.75, 3.05) is 6.61 Å². The molecule has 0 spiro atoms. The van der Waals surface area contributed by atoms with E-state index >= 15 is 0 Å². The lowest BCUT2D eigenvalue weighted by molar-refractivity contribution is -0.119. The lowest BCUT2D eigenvalue weighted by Gasteiger charge is -2.44. The smallest absolute Gasteiger partial charge is 0.162 e. The Hall–Kier alpha value is -2.14. The Kier molecular flexibility index (Phi) is 5.53. The number of benzene rings is 1. The average molecular weight is 484 g/mol. The largest absolute Gasteiger partial charge is 0.488 e. The van der Waals surface area contributed by atoms with Crippen molar-refractivity contribution in [1.29, 1.82) is 0 Å². The SMILES string of the molecule is C=CCOc1ccc(C2C3=C(CC(C)(C)CC3=O)NC3=C2C(=O)CC(C)(C)C3)cc1Br. The number of carbonyl (C=O) groups is 2. The van der Waals surface area contributed by atoms with Crippen LogP contribution in [-0.2, 0) is 9.59 Å². The van der Waals surface area contributed by atoms with Gasteiger partial charge in [-0.1, -0.05) is 46.4 Å². The molecule has 1 aromatic rings. The zero-order valence-electron chi connectivity index (χ0n) is 18.7. The first-order chi connectivity index (χ1) is 14.5. The van der Waals surface area contributed by atoms with Gasteiger partial charge in [0, 0.05) is 41.3 Å². The van der Waals surface area contributed by atoms with E-state index in [1.54, 1.807) is 6.08 Å². The Morgan fingerprint density at radius 1 is 1.03 bits per heavy atom. The van der Waals surface area contributed by atoms with Crippen LogP contribution in [0.5, 0.6) is 5.75 Å². The van der Waals surface area contributed by atoms with E-state index in [0.29, 0.717) is 25.2 Å². The van der Waals surface area contributed by atoms with Crippen LogP contribution in [0.15, 0.2) is 57.9 Å². The molecule has 2 aliphatic carbocycles. The maximum Gasteiger partial charge on any atom is 0.162 e. The van der Waals surface area contributed by atoms with Crippen LogP contribution in [0.4, 0.5) is 0 Å². The van der Waals surface area contributed by atoms with Gasteiger partial charge in [0.15, 0.2) is 11.6 Å². The Balaban J connectivity index is 1.86. The van der Waals surface area contributed by atoms with Crippen LogP contribution in [0.3, 0.4) is 0 Å². The molecule has 5 heteroatoms. The number of carbonyl (C=O) groups excluding carboxylic acids is 2. The Morgan fingerprint density at radius 2 is 1.58 bits per heavy atom. The zero-order valence-corrected chi connectivity index (χ0v) is 20.3. The molecule has 1 aliphatic heterocycles. The van der Waals surface area contributed by atoms with E-state index in [1.807, 2.05) is 18.2 Å². The standard InChI is InChI=1S/C26H30BrNO3/c1-6-9-31-21-8-7-15(10-16(21)27)22-23-17(11-25(2,3)13-19(23)29)28-18-12-26(4,5)14-20(30)24(18)22/h6-8,10,22,28H,1,9,11-14H2,2-5H3. The first-order valence-corrected chi connectivity index (χ1v) is 11.6. The number of hydrogen-bond acceptors (Lipinski definition) is 4. The highest BCUT2D eigenvalue weighted by atomic mass is 79.9. The number of Topliss-reactive ketones (excluding diaryl/α,β-unsaturated/α-hetero) is 2. The number of allylic oxidation sites excluding steroid dienone is 4. The third-order valence-electron chi connectivity index (χ3n) is 6.37. The van der Waals surface area contributed by atoms with Gasteiger partial charge in [0.1, 0.15) is 12.4 Å². The van der Waals surface area contributed by atoms with Crippen molar-refractivity contribution >= 4 is 27.5 Å². The summed E-state index contributed by atoms with van der Waals surface area (Å²) in [6.07, 6.45) is 4.30. The summed E-state index contributed by atoms with van der Waals surface area (Å²) >= 11 is 3.61. The van der Waals surface area contributed by atoms with Gasteiger partial charge in [-0.2, -0.15) is 0 Å². The minimum atomic E-state index is -0.330. The topological polar surface area (TPSA) is 55.4 Å². The molecule has 0 atom stereocenters. The fourth-order valence-electron chi connectivity index (χ4n) is 5.18. The van der Waals surface area contributed by atoms with Crippen molar-refractivity contribution in [3.63, 3.8) is 0 Å². The van der Waals surface area contributed by atoms with Crippen LogP contribution in [-0.4, -0.2) is 18.2 Å². The molecule has 0 saturated carbocycles. The number of halogens is 1. The Bertz CT molecular complexity index is 993. The molecule has 3 aliphatic rings. The highest BCUT2D eigenvalue weighted by Gasteiger charge is 2.46. The third-order valence-corrected chi connectivity index (χ3v) is 6.98. The first-order valence-electron chi connectivity index (χ1n) is 10.8. The van der Waals surface area contributed by atoms with E-state index in [9.17, 15) is 9.59 Å². The van der Waals surface area contributed by atoms with E-state index in [1.165, 1.54) is 0 Å². The van der Waals surface area contributed by atoms with E-state index < -0.39 is 0 Å². The van der Waals surface area contributed by atoms with Gasteiger partial charge in [0.25, 0.3) is 0 Å². The number of ether oxygens (including phenoxy) is 1. The molecule has 4 rings (SSSR count). The van der Waals surface area contributed by atoms with Gasteiger partial charge < -0.3 is 10.1 Å². The fraction of sp³-hybridized carbons (Fsp3) is 0.462. The van der Waals surface area contributed by atoms with Gasteiger partial charge in [-0.15, -0.1) is 0 Å². The van der Waals surface area contributed by atoms with Gasteiger partial charge in [-0.25, -0.2) is 0 Å². The molecule has 164 valence electrons. The third kappa shape index (κ3) is 4.17. The molecule has 1 N–H and O–H groups in total. The van der Waals surface area contributed by atoms with Crippen LogP contribution in [0.2, 0.25) is 0 Å². The second-order valence-electron chi connectivity index (χ2n) is 10.5. The maximum absolute atomic E-state index is 13.4. The van der Waals surface area contributed by atoms with Crippen LogP contribution in [0, 0.1) is 10.8 Å². The van der Waals surface area contributed by atoms with Crippen molar-refractivity contribution in [3.8, 4) is 5.75 Å². The van der Waals surface area contributed by atoms with Crippen molar-refractivity contribution < 1.29 is 14.3 Å². The summed E-state index contributed by atoms with van der Waals surface area (Å²) in [4.78, 5) is 26.7. The fourth-order valence-corrected chi connectivity index (χ4v) is 5.70. The van der Waals surface area contributed by atoms with Crippen molar-refractivity contribution in [2.24, 2.45) is 10.8 Å². The minimum absolute atomic E-state index is 0.0946. The van der Waals surface area contributed by atoms with Crippen LogP contribution < -0.4 is 10.1 Å². The molecule has 0 fully saturated rings. The van der Waals surface area contributed by atoms with Gasteiger partial charge >= 0.3 is 0 Å². The number of rotatable bonds is 4. The lowest BCUT2D eigenvalue weighted by atomic mass is 9.64. The molecule has 4 nitrogen and oxygen atoms in total. The molecular formula is C26H30BrNO3. The van der Waals surface area contributed by atoms with E-state index in [4.69, 9.17) is 4.74 Å². The quantitative estimate of drug-likeness (QED) is 0.534. The summed E-state index contributed by atoms with van der Waals surface area (Å²) in [5.74, 6) is 0.656. The van der Waals surface area contributed by atoms with Crippen molar-refractivity contribution in [1.82, 2.24) is 5.32 Å². The number of ketones is 2. The molecule has 1 heterocycles. The van der Waals surface area contributed by atoms with E-state index in [0.717, 1.165) is 45.4 Å². The molecule has 0 unspecified atom stereocenters. The van der Waals surface area contributed by atoms with Gasteiger partial charge in [0.05, 0.1) is 4.47 Å². The summed E-state index contributed by atoms with van der Waals surface area (Å²) < 4.78 is 6.51. The summed E-state index contributed by atoms with van der Waals surface area (Å²) in [6.45, 7) is 12.6. The monoisotopic (exact) mass is 483 g/mol. The predicted molar refractivity (Wildman–Crippen MR) is 126 cm³/mol. The summed E-state index contributed by atoms with van der Waals surface area (Å²) in [5.41, 5.74) is 4.25. The normalized spacial score (nSPS) is 22.6. The van der Waals surface area contributed by atoms with Gasteiger partial charge in [-0.05, 0) is 57.3 Å². The highest BCUT2D eigenvalue weighted by molar-refractivity contribution is 9.10. The van der Waals surface area contributed by atoms with E-state index in [-0.39, 0.29) is 28.3 Å². The molecule has 0 amide bonds. The Labute approximate surface area is 192 Å². The van der Waals surface area contributed by atoms with Crippen molar-refractivity contribution in [3.05, 3.63) is 63.4 Å². The molecule has 0 saturated heterocycles. The van der Waals surface area contributed by atoms with Crippen molar-refractivity contribution in [2.45, 2.75) is 59.3 Å². The molecule has 1 aromatic carbocycles. The second-order valence-corrected chi connectivity index (χ2v) is 11.4. The highest BCUT2D eigenvalue weighted by Crippen LogP contribution is 2.51. The Morgan fingerprint density at radius 3 is 2.06 bits per heavy atom. The van der Waals surface area contributed by atoms with Crippen LogP contribution in [0.25, 0.3) is 0 Å². The molecule has 0 radical (unpaired) electrons. The van der Waals surface area contributed by atoms with Crippen LogP contribution in [0.1, 0.15) is 64.9 Å². The second kappa shape index (κ2) is 7.77. The molecule has 0 bridgehead atoms. The average Bonchev–Trinajstić information content (AvgIpc) is 2.63. The summed E-state index contributed by atoms with van der Waals surface area (Å²) in [5, 5.41) is 3.55. The molecular weight excluding hydrogens is 454 g/mol. The maximum atomic E-state index is 13.4. The number of nitrogens with one attached hydrogen (secondary N) is 1. The molecule has 0 aromatic heterocycles. The van der Waals surface area contributed by atoms with Gasteiger partial charge in [0.2, 0.25) is 0 Å². The lowest BCUT2D eigenvalue weighted by Crippen LogP contribution is -2.42. The zero-order chi connectivity index (χ0) is 22.6. The number of dihydropyridines is 1. The molecule has 31 heavy (non-hydrogen) atoms. The van der Waals surface area contributed by atoms with Gasteiger partial charge in [-0.3, -0.25) is 9.59 Å². The summed E-state index contributed by atoms with van der Waals surface area (Å²) in [7, 11) is 0.